The molecule has 0 saturated carbocycles. The predicted octanol–water partition coefficient (Wildman–Crippen LogP) is 5.44. The van der Waals surface area contributed by atoms with Crippen LogP contribution < -0.4 is 10.6 Å². The first kappa shape index (κ1) is 32.4. The monoisotopic (exact) mass is 626 g/mol. The maximum atomic E-state index is 9.85. The number of anilines is 2. The lowest BCUT2D eigenvalue weighted by Gasteiger charge is -2.26. The first-order chi connectivity index (χ1) is 21.6. The van der Waals surface area contributed by atoms with Gasteiger partial charge in [-0.1, -0.05) is 13.8 Å². The molecule has 0 aromatic carbocycles. The first-order valence-electron chi connectivity index (χ1n) is 16.2. The van der Waals surface area contributed by atoms with Crippen LogP contribution in [0.2, 0.25) is 0 Å². The molecule has 2 aliphatic rings. The summed E-state index contributed by atoms with van der Waals surface area (Å²) >= 11 is 6.24. The van der Waals surface area contributed by atoms with E-state index in [2.05, 4.69) is 48.5 Å². The Morgan fingerprint density at radius 1 is 0.750 bits per heavy atom. The summed E-state index contributed by atoms with van der Waals surface area (Å²) in [6.07, 6.45) is 9.44. The second-order valence-corrected chi connectivity index (χ2v) is 11.5. The number of halogens is 1. The molecule has 2 saturated heterocycles. The molecular formula is C32H47ClN8O3. The van der Waals surface area contributed by atoms with E-state index in [1.54, 1.807) is 0 Å². The molecule has 44 heavy (non-hydrogen) atoms. The van der Waals surface area contributed by atoms with Crippen LogP contribution in [0.25, 0.3) is 22.1 Å². The molecule has 0 amide bonds. The molecule has 2 aliphatic heterocycles. The predicted molar refractivity (Wildman–Crippen MR) is 176 cm³/mol. The van der Waals surface area contributed by atoms with Gasteiger partial charge in [-0.2, -0.15) is 10.2 Å². The largest absolute Gasteiger partial charge is 0.392 e. The van der Waals surface area contributed by atoms with Gasteiger partial charge < -0.3 is 25.2 Å². The van der Waals surface area contributed by atoms with Crippen molar-refractivity contribution < 1.29 is 14.6 Å². The van der Waals surface area contributed by atoms with Crippen molar-refractivity contribution >= 4 is 45.0 Å². The van der Waals surface area contributed by atoms with E-state index in [-0.39, 0.29) is 6.61 Å². The van der Waals surface area contributed by atoms with Crippen molar-refractivity contribution in [1.29, 1.82) is 0 Å². The summed E-state index contributed by atoms with van der Waals surface area (Å²) in [6, 6.07) is 0.801. The summed E-state index contributed by atoms with van der Waals surface area (Å²) < 4.78 is 14.7. The molecule has 2 fully saturated rings. The number of hydrogen-bond acceptors (Lipinski definition) is 9. The van der Waals surface area contributed by atoms with Gasteiger partial charge in [0.1, 0.15) is 0 Å². The lowest BCUT2D eigenvalue weighted by atomic mass is 10.0. The second-order valence-electron chi connectivity index (χ2n) is 11.3. The van der Waals surface area contributed by atoms with Gasteiger partial charge >= 0.3 is 0 Å². The molecule has 6 rings (SSSR count). The number of aliphatic hydroxyl groups is 1. The molecule has 0 atom stereocenters. The molecule has 12 heteroatoms. The summed E-state index contributed by atoms with van der Waals surface area (Å²) in [5, 5.41) is 28.1. The van der Waals surface area contributed by atoms with Crippen LogP contribution in [0.1, 0.15) is 75.9 Å². The minimum Gasteiger partial charge on any atom is -0.392 e. The van der Waals surface area contributed by atoms with Gasteiger partial charge in [0.05, 0.1) is 52.7 Å². The van der Waals surface area contributed by atoms with Crippen molar-refractivity contribution in [1.82, 2.24) is 29.5 Å². The zero-order valence-electron chi connectivity index (χ0n) is 26.5. The molecule has 4 aromatic rings. The smallest absolute Gasteiger partial charge is 0.160 e. The van der Waals surface area contributed by atoms with Crippen molar-refractivity contribution in [2.75, 3.05) is 37.1 Å². The van der Waals surface area contributed by atoms with Gasteiger partial charge in [0.15, 0.2) is 11.3 Å². The van der Waals surface area contributed by atoms with Crippen molar-refractivity contribution in [3.8, 4) is 0 Å². The Hall–Kier alpha value is -2.99. The van der Waals surface area contributed by atoms with Crippen molar-refractivity contribution in [3.63, 3.8) is 0 Å². The Kier molecular flexibility index (Phi) is 11.3. The van der Waals surface area contributed by atoms with Crippen LogP contribution in [0, 0.1) is 0 Å². The first-order valence-corrected chi connectivity index (χ1v) is 16.7. The number of rotatable bonds is 10. The molecular weight excluding hydrogens is 580 g/mol. The van der Waals surface area contributed by atoms with Crippen LogP contribution in [-0.4, -0.2) is 73.1 Å². The van der Waals surface area contributed by atoms with E-state index >= 15 is 0 Å². The summed E-state index contributed by atoms with van der Waals surface area (Å²) in [7, 11) is 0. The molecule has 3 N–H and O–H groups in total. The Bertz CT molecular complexity index is 1410. The van der Waals surface area contributed by atoms with E-state index in [1.165, 1.54) is 0 Å². The van der Waals surface area contributed by atoms with Gasteiger partial charge in [-0.25, -0.2) is 19.3 Å². The minimum absolute atomic E-state index is 0.00499. The standard InChI is InChI=1S/C16H23ClN4O.C16H24N4O2/c1-3-14-12(9-17)15(19-11-5-7-22-8-6-11)13-10-18-21(4-2)16(13)20-14;1-3-14-13(10-21)15(18-11-5-7-22-8-6-11)12-9-17-20(4-2)16(12)19-14/h10-11H,3-9H2,1-2H3,(H,19,20);9,11,21H,3-8,10H2,1-2H3,(H,18,19). The molecule has 0 bridgehead atoms. The van der Waals surface area contributed by atoms with Gasteiger partial charge in [0.25, 0.3) is 0 Å². The van der Waals surface area contributed by atoms with E-state index < -0.39 is 0 Å². The van der Waals surface area contributed by atoms with Gasteiger partial charge in [-0.3, -0.25) is 0 Å². The number of aliphatic hydroxyl groups excluding tert-OH is 1. The van der Waals surface area contributed by atoms with E-state index in [9.17, 15) is 5.11 Å². The third-order valence-electron chi connectivity index (χ3n) is 8.64. The Labute approximate surface area is 264 Å². The van der Waals surface area contributed by atoms with Crippen molar-refractivity contribution in [3.05, 3.63) is 34.9 Å². The number of fused-ring (bicyclic) bond motifs is 2. The molecule has 240 valence electrons. The summed E-state index contributed by atoms with van der Waals surface area (Å²) in [6.45, 7) is 13.1. The van der Waals surface area contributed by atoms with Crippen LogP contribution >= 0.6 is 11.6 Å². The summed E-state index contributed by atoms with van der Waals surface area (Å²) in [5.74, 6) is 0.467. The fourth-order valence-electron chi connectivity index (χ4n) is 6.13. The number of hydrogen-bond donors (Lipinski definition) is 3. The molecule has 0 unspecified atom stereocenters. The molecule has 0 radical (unpaired) electrons. The average Bonchev–Trinajstić information content (AvgIpc) is 3.69. The average molecular weight is 627 g/mol. The van der Waals surface area contributed by atoms with Gasteiger partial charge in [-0.15, -0.1) is 11.6 Å². The van der Waals surface area contributed by atoms with Crippen LogP contribution in [0.4, 0.5) is 11.4 Å². The van der Waals surface area contributed by atoms with Crippen LogP contribution in [-0.2, 0) is 47.9 Å². The zero-order chi connectivity index (χ0) is 31.1. The molecule has 4 aromatic heterocycles. The second kappa shape index (κ2) is 15.3. The Morgan fingerprint density at radius 2 is 1.18 bits per heavy atom. The minimum atomic E-state index is -0.00499. The number of aromatic nitrogens is 6. The third-order valence-corrected chi connectivity index (χ3v) is 8.91. The molecule has 0 spiro atoms. The van der Waals surface area contributed by atoms with Crippen LogP contribution in [0.15, 0.2) is 12.4 Å². The van der Waals surface area contributed by atoms with Crippen LogP contribution in [0.3, 0.4) is 0 Å². The summed E-state index contributed by atoms with van der Waals surface area (Å²) in [5.41, 5.74) is 7.97. The molecule has 11 nitrogen and oxygen atoms in total. The lowest BCUT2D eigenvalue weighted by molar-refractivity contribution is 0.0903. The molecule has 0 aliphatic carbocycles. The van der Waals surface area contributed by atoms with Crippen molar-refractivity contribution in [2.45, 2.75) is 104 Å². The number of aryl methyl sites for hydroxylation is 4. The highest BCUT2D eigenvalue weighted by Crippen LogP contribution is 2.33. The van der Waals surface area contributed by atoms with E-state index in [0.29, 0.717) is 18.0 Å². The quantitative estimate of drug-likeness (QED) is 0.197. The maximum absolute atomic E-state index is 9.85. The highest BCUT2D eigenvalue weighted by Gasteiger charge is 2.22. The number of nitrogens with zero attached hydrogens (tertiary/aromatic N) is 6. The fraction of sp³-hybridized carbons (Fsp3) is 0.625. The summed E-state index contributed by atoms with van der Waals surface area (Å²) in [4.78, 5) is 9.53. The van der Waals surface area contributed by atoms with Crippen molar-refractivity contribution in [2.24, 2.45) is 0 Å². The third kappa shape index (κ3) is 6.80. The van der Waals surface area contributed by atoms with Gasteiger partial charge in [-0.05, 0) is 52.4 Å². The number of nitrogens with one attached hydrogen (secondary N) is 2. The van der Waals surface area contributed by atoms with E-state index in [0.717, 1.165) is 134 Å². The molecule has 6 heterocycles. The lowest BCUT2D eigenvalue weighted by Crippen LogP contribution is -2.28. The number of ether oxygens (including phenoxy) is 2. The SMILES string of the molecule is CCc1nc2c(cnn2CC)c(NC2CCOCC2)c1CCl.CCc1nc2c(cnn2CC)c(NC2CCOCC2)c1CO. The maximum Gasteiger partial charge on any atom is 0.160 e. The topological polar surface area (TPSA) is 124 Å². The Balaban J connectivity index is 0.000000175. The number of pyridine rings is 2. The van der Waals surface area contributed by atoms with Gasteiger partial charge in [0, 0.05) is 68.4 Å². The number of alkyl halides is 1. The van der Waals surface area contributed by atoms with Gasteiger partial charge in [0.2, 0.25) is 0 Å². The van der Waals surface area contributed by atoms with E-state index in [4.69, 9.17) is 31.0 Å². The highest BCUT2D eigenvalue weighted by molar-refractivity contribution is 6.18. The van der Waals surface area contributed by atoms with E-state index in [1.807, 2.05) is 21.8 Å². The Morgan fingerprint density at radius 3 is 1.57 bits per heavy atom. The normalized spacial score (nSPS) is 16.3. The van der Waals surface area contributed by atoms with Crippen LogP contribution in [0.5, 0.6) is 0 Å². The fourth-order valence-corrected chi connectivity index (χ4v) is 6.42. The highest BCUT2D eigenvalue weighted by atomic mass is 35.5. The zero-order valence-corrected chi connectivity index (χ0v) is 27.3.